The molecule has 10 nitrogen and oxygen atoms in total. The Morgan fingerprint density at radius 2 is 1.43 bits per heavy atom. The predicted octanol–water partition coefficient (Wildman–Crippen LogP) is 7.94. The van der Waals surface area contributed by atoms with E-state index >= 15 is 0 Å². The normalized spacial score (nSPS) is 11.5. The third-order valence-corrected chi connectivity index (χ3v) is 9.03. The van der Waals surface area contributed by atoms with Crippen LogP contribution in [0, 0.1) is 0 Å². The van der Waals surface area contributed by atoms with Crippen LogP contribution in [-0.2, 0) is 9.59 Å². The lowest BCUT2D eigenvalue weighted by Gasteiger charge is -2.18. The van der Waals surface area contributed by atoms with Crippen LogP contribution >= 0.6 is 23.4 Å². The van der Waals surface area contributed by atoms with E-state index in [2.05, 4.69) is 16.0 Å². The van der Waals surface area contributed by atoms with Gasteiger partial charge in [0.1, 0.15) is 22.4 Å². The minimum absolute atomic E-state index is 0.0390. The maximum atomic E-state index is 13.7. The Morgan fingerprint density at radius 3 is 2.08 bits per heavy atom. The maximum absolute atomic E-state index is 13.7. The number of methoxy groups -OCH3 is 2. The van der Waals surface area contributed by atoms with E-state index in [9.17, 15) is 24.3 Å². The summed E-state index contributed by atoms with van der Waals surface area (Å²) in [5.74, 6) is -1.65. The molecule has 0 spiro atoms. The molecule has 5 aromatic rings. The topological polar surface area (TPSA) is 143 Å². The molecule has 0 aliphatic carbocycles. The minimum atomic E-state index is -1.21. The highest BCUT2D eigenvalue weighted by atomic mass is 35.5. The standard InChI is InChI=1S/C39H32ClN3O7S/c1-49-29-16-20-34(50-2)26(21-29)22-33(43-36(44)25-11-7-4-8-12-25)37(45)41-27-13-17-30(18-14-27)51-35(24-9-5-3-6-10-24)38(46)42-28-15-19-32(40)31(23-28)39(47)48/h3-23,35H,1-2H3,(H,41,45)(H,42,46)(H,43,44)(H,47,48)/b33-22-. The number of benzene rings is 5. The van der Waals surface area contributed by atoms with Gasteiger partial charge in [0.25, 0.3) is 11.8 Å². The van der Waals surface area contributed by atoms with Gasteiger partial charge in [-0.2, -0.15) is 0 Å². The van der Waals surface area contributed by atoms with Crippen LogP contribution in [0.15, 0.2) is 132 Å². The highest BCUT2D eigenvalue weighted by molar-refractivity contribution is 8.00. The fourth-order valence-corrected chi connectivity index (χ4v) is 6.10. The molecule has 0 fully saturated rings. The second kappa shape index (κ2) is 17.1. The van der Waals surface area contributed by atoms with Gasteiger partial charge in [-0.05, 0) is 84.4 Å². The van der Waals surface area contributed by atoms with E-state index in [0.717, 1.165) is 5.56 Å². The van der Waals surface area contributed by atoms with Crippen molar-refractivity contribution in [2.75, 3.05) is 24.9 Å². The number of rotatable bonds is 13. The van der Waals surface area contributed by atoms with Gasteiger partial charge >= 0.3 is 5.97 Å². The van der Waals surface area contributed by atoms with Gasteiger partial charge in [-0.1, -0.05) is 60.1 Å². The van der Waals surface area contributed by atoms with Gasteiger partial charge in [0, 0.05) is 27.4 Å². The first kappa shape index (κ1) is 36.2. The van der Waals surface area contributed by atoms with E-state index in [1.165, 1.54) is 50.3 Å². The fourth-order valence-electron chi connectivity index (χ4n) is 4.88. The van der Waals surface area contributed by atoms with Crippen molar-refractivity contribution in [2.24, 2.45) is 0 Å². The van der Waals surface area contributed by atoms with Crippen molar-refractivity contribution in [3.63, 3.8) is 0 Å². The molecule has 0 bridgehead atoms. The molecular weight excluding hydrogens is 690 g/mol. The average Bonchev–Trinajstić information content (AvgIpc) is 3.15. The molecule has 5 rings (SSSR count). The number of hydrogen-bond donors (Lipinski definition) is 4. The molecule has 4 N–H and O–H groups in total. The van der Waals surface area contributed by atoms with E-state index in [1.807, 2.05) is 30.3 Å². The third kappa shape index (κ3) is 9.56. The van der Waals surface area contributed by atoms with Crippen LogP contribution in [0.25, 0.3) is 6.08 Å². The van der Waals surface area contributed by atoms with Crippen molar-refractivity contribution in [1.82, 2.24) is 5.32 Å². The van der Waals surface area contributed by atoms with Crippen molar-refractivity contribution >= 4 is 64.5 Å². The lowest BCUT2D eigenvalue weighted by atomic mass is 10.1. The van der Waals surface area contributed by atoms with Crippen LogP contribution in [0.3, 0.4) is 0 Å². The number of carboxylic acid groups (broad SMARTS) is 1. The van der Waals surface area contributed by atoms with Crippen molar-refractivity contribution in [3.05, 3.63) is 154 Å². The minimum Gasteiger partial charge on any atom is -0.497 e. The maximum Gasteiger partial charge on any atom is 0.337 e. The molecule has 0 saturated heterocycles. The molecule has 12 heteroatoms. The number of hydrogen-bond acceptors (Lipinski definition) is 7. The molecule has 258 valence electrons. The molecule has 0 heterocycles. The van der Waals surface area contributed by atoms with Gasteiger partial charge < -0.3 is 30.5 Å². The van der Waals surface area contributed by atoms with E-state index in [-0.39, 0.29) is 27.9 Å². The van der Waals surface area contributed by atoms with Crippen LogP contribution in [0.2, 0.25) is 5.02 Å². The molecule has 0 aromatic heterocycles. The number of amides is 3. The second-order valence-electron chi connectivity index (χ2n) is 10.9. The van der Waals surface area contributed by atoms with Gasteiger partial charge in [0.15, 0.2) is 0 Å². The number of nitrogens with one attached hydrogen (secondary N) is 3. The molecule has 0 aliphatic rings. The summed E-state index contributed by atoms with van der Waals surface area (Å²) < 4.78 is 10.8. The third-order valence-electron chi connectivity index (χ3n) is 7.44. The lowest BCUT2D eigenvalue weighted by molar-refractivity contribution is -0.116. The number of carbonyl (C=O) groups is 4. The van der Waals surface area contributed by atoms with Gasteiger partial charge in [-0.25, -0.2) is 4.79 Å². The Hall–Kier alpha value is -6.04. The van der Waals surface area contributed by atoms with Crippen molar-refractivity contribution < 1.29 is 33.8 Å². The predicted molar refractivity (Wildman–Crippen MR) is 199 cm³/mol. The quantitative estimate of drug-likeness (QED) is 0.0709. The number of thioether (sulfide) groups is 1. The van der Waals surface area contributed by atoms with Crippen molar-refractivity contribution in [1.29, 1.82) is 0 Å². The fraction of sp³-hybridized carbons (Fsp3) is 0.0769. The van der Waals surface area contributed by atoms with Crippen molar-refractivity contribution in [3.8, 4) is 11.5 Å². The first-order chi connectivity index (χ1) is 24.6. The van der Waals surface area contributed by atoms with Gasteiger partial charge in [-0.15, -0.1) is 11.8 Å². The molecule has 1 atom stereocenters. The van der Waals surface area contributed by atoms with Crippen LogP contribution in [0.1, 0.15) is 37.1 Å². The monoisotopic (exact) mass is 721 g/mol. The van der Waals surface area contributed by atoms with Gasteiger partial charge in [0.05, 0.1) is 24.8 Å². The summed E-state index contributed by atoms with van der Waals surface area (Å²) in [5, 5.41) is 17.1. The zero-order valence-electron chi connectivity index (χ0n) is 27.4. The van der Waals surface area contributed by atoms with Crippen molar-refractivity contribution in [2.45, 2.75) is 10.1 Å². The summed E-state index contributed by atoms with van der Waals surface area (Å²) in [6, 6.07) is 33.9. The summed E-state index contributed by atoms with van der Waals surface area (Å²) >= 11 is 7.28. The van der Waals surface area contributed by atoms with Crippen LogP contribution < -0.4 is 25.4 Å². The molecule has 3 amide bonds. The number of carbonyl (C=O) groups excluding carboxylic acids is 3. The highest BCUT2D eigenvalue weighted by Gasteiger charge is 2.23. The zero-order chi connectivity index (χ0) is 36.3. The Balaban J connectivity index is 1.37. The molecule has 0 radical (unpaired) electrons. The summed E-state index contributed by atoms with van der Waals surface area (Å²) in [6.45, 7) is 0. The number of anilines is 2. The molecule has 0 aliphatic heterocycles. The summed E-state index contributed by atoms with van der Waals surface area (Å²) in [5.41, 5.74) is 2.15. The summed E-state index contributed by atoms with van der Waals surface area (Å²) in [7, 11) is 3.02. The number of carboxylic acids is 1. The molecular formula is C39H32ClN3O7S. The average molecular weight is 722 g/mol. The van der Waals surface area contributed by atoms with Gasteiger partial charge in [0.2, 0.25) is 5.91 Å². The summed E-state index contributed by atoms with van der Waals surface area (Å²) in [4.78, 5) is 52.6. The Bertz CT molecular complexity index is 2070. The van der Waals surface area contributed by atoms with E-state index in [0.29, 0.717) is 33.2 Å². The molecule has 51 heavy (non-hydrogen) atoms. The number of ether oxygens (including phenoxy) is 2. The first-order valence-corrected chi connectivity index (χ1v) is 16.7. The molecule has 5 aromatic carbocycles. The van der Waals surface area contributed by atoms with E-state index in [1.54, 1.807) is 72.8 Å². The SMILES string of the molecule is COc1ccc(OC)c(/C=C(\NC(=O)c2ccccc2)C(=O)Nc2ccc(SC(C(=O)Nc3ccc(Cl)c(C(=O)O)c3)c3ccccc3)cc2)c1. The number of aromatic carboxylic acids is 1. The van der Waals surface area contributed by atoms with Crippen LogP contribution in [0.5, 0.6) is 11.5 Å². The van der Waals surface area contributed by atoms with Gasteiger partial charge in [-0.3, -0.25) is 14.4 Å². The number of halogens is 1. The summed E-state index contributed by atoms with van der Waals surface area (Å²) in [6.07, 6.45) is 1.50. The Kier molecular flexibility index (Phi) is 12.1. The largest absolute Gasteiger partial charge is 0.497 e. The smallest absolute Gasteiger partial charge is 0.337 e. The Morgan fingerprint density at radius 1 is 0.765 bits per heavy atom. The molecule has 0 saturated carbocycles. The zero-order valence-corrected chi connectivity index (χ0v) is 29.0. The lowest BCUT2D eigenvalue weighted by Crippen LogP contribution is -2.30. The van der Waals surface area contributed by atoms with E-state index < -0.39 is 23.0 Å². The highest BCUT2D eigenvalue weighted by Crippen LogP contribution is 2.37. The molecule has 1 unspecified atom stereocenters. The second-order valence-corrected chi connectivity index (χ2v) is 12.4. The first-order valence-electron chi connectivity index (χ1n) is 15.4. The van der Waals surface area contributed by atoms with Crippen LogP contribution in [0.4, 0.5) is 11.4 Å². The van der Waals surface area contributed by atoms with E-state index in [4.69, 9.17) is 21.1 Å². The Labute approximate surface area is 303 Å². The van der Waals surface area contributed by atoms with Crippen LogP contribution in [-0.4, -0.2) is 43.0 Å².